The lowest BCUT2D eigenvalue weighted by atomic mass is 10.2. The van der Waals surface area contributed by atoms with Crippen molar-refractivity contribution in [3.05, 3.63) is 43.9 Å². The fourth-order valence-corrected chi connectivity index (χ4v) is 2.52. The van der Waals surface area contributed by atoms with Crippen LogP contribution in [0.3, 0.4) is 0 Å². The molecule has 7 heteroatoms. The Balaban J connectivity index is 2.97. The zero-order chi connectivity index (χ0) is 16.1. The molecule has 2 heterocycles. The topological polar surface area (TPSA) is 92.0 Å². The van der Waals surface area contributed by atoms with Crippen molar-refractivity contribution in [1.82, 2.24) is 13.7 Å². The van der Waals surface area contributed by atoms with Crippen LogP contribution in [0.4, 0.5) is 5.82 Å². The van der Waals surface area contributed by atoms with Crippen molar-refractivity contribution in [2.45, 2.75) is 20.8 Å². The van der Waals surface area contributed by atoms with Gasteiger partial charge in [-0.1, -0.05) is 0 Å². The molecule has 7 nitrogen and oxygen atoms in total. The molecule has 112 valence electrons. The first-order valence-corrected chi connectivity index (χ1v) is 6.44. The lowest BCUT2D eigenvalue weighted by molar-refractivity contribution is 0.101. The second-order valence-corrected chi connectivity index (χ2v) is 5.12. The molecule has 0 saturated carbocycles. The molecule has 2 aromatic rings. The molecule has 0 atom stereocenters. The van der Waals surface area contributed by atoms with Crippen molar-refractivity contribution < 1.29 is 4.79 Å². The fourth-order valence-electron chi connectivity index (χ4n) is 2.52. The van der Waals surface area contributed by atoms with Gasteiger partial charge in [0.05, 0.1) is 0 Å². The number of hydrogen-bond acceptors (Lipinski definition) is 4. The monoisotopic (exact) mass is 290 g/mol. The minimum atomic E-state index is -0.493. The van der Waals surface area contributed by atoms with Crippen LogP contribution in [0.2, 0.25) is 0 Å². The summed E-state index contributed by atoms with van der Waals surface area (Å²) < 4.78 is 3.83. The maximum absolute atomic E-state index is 12.4. The van der Waals surface area contributed by atoms with Gasteiger partial charge in [-0.25, -0.2) is 4.79 Å². The minimum absolute atomic E-state index is 0.0694. The average Bonchev–Trinajstić information content (AvgIpc) is 2.71. The van der Waals surface area contributed by atoms with E-state index < -0.39 is 11.2 Å². The number of nitrogen functional groups attached to an aromatic ring is 1. The van der Waals surface area contributed by atoms with E-state index in [2.05, 4.69) is 0 Å². The molecule has 0 aromatic carbocycles. The molecule has 0 unspecified atom stereocenters. The summed E-state index contributed by atoms with van der Waals surface area (Å²) in [6.45, 7) is 4.99. The first-order chi connectivity index (χ1) is 9.68. The van der Waals surface area contributed by atoms with Gasteiger partial charge in [0.15, 0.2) is 11.5 Å². The van der Waals surface area contributed by atoms with Crippen LogP contribution in [0, 0.1) is 13.8 Å². The van der Waals surface area contributed by atoms with E-state index >= 15 is 0 Å². The number of anilines is 1. The van der Waals surface area contributed by atoms with E-state index in [0.29, 0.717) is 17.0 Å². The zero-order valence-corrected chi connectivity index (χ0v) is 12.7. The Kier molecular flexibility index (Phi) is 3.36. The third-order valence-electron chi connectivity index (χ3n) is 3.72. The summed E-state index contributed by atoms with van der Waals surface area (Å²) in [6, 6.07) is 1.71. The van der Waals surface area contributed by atoms with Gasteiger partial charge in [-0.15, -0.1) is 0 Å². The Morgan fingerprint density at radius 2 is 1.71 bits per heavy atom. The van der Waals surface area contributed by atoms with Gasteiger partial charge in [-0.2, -0.15) is 0 Å². The molecule has 0 aliphatic rings. The number of aromatic nitrogens is 3. The molecule has 0 spiro atoms. The molecule has 2 N–H and O–H groups in total. The number of carbonyl (C=O) groups excluding carboxylic acids is 1. The summed E-state index contributed by atoms with van der Waals surface area (Å²) in [6.07, 6.45) is 0. The first kappa shape index (κ1) is 14.8. The van der Waals surface area contributed by atoms with Gasteiger partial charge < -0.3 is 10.3 Å². The van der Waals surface area contributed by atoms with Gasteiger partial charge in [0.1, 0.15) is 5.82 Å². The smallest absolute Gasteiger partial charge is 0.332 e. The van der Waals surface area contributed by atoms with Crippen molar-refractivity contribution >= 4 is 11.6 Å². The number of aryl methyl sites for hydroxylation is 1. The number of nitrogens with two attached hydrogens (primary N) is 1. The molecule has 0 bridgehead atoms. The van der Waals surface area contributed by atoms with Gasteiger partial charge in [0.2, 0.25) is 0 Å². The zero-order valence-electron chi connectivity index (χ0n) is 12.7. The van der Waals surface area contributed by atoms with E-state index in [1.807, 2.05) is 0 Å². The van der Waals surface area contributed by atoms with Gasteiger partial charge in [0, 0.05) is 31.0 Å². The average molecular weight is 290 g/mol. The Bertz CT molecular complexity index is 868. The van der Waals surface area contributed by atoms with Crippen molar-refractivity contribution in [2.24, 2.45) is 14.1 Å². The summed E-state index contributed by atoms with van der Waals surface area (Å²) in [5, 5.41) is 0. The molecular weight excluding hydrogens is 272 g/mol. The normalized spacial score (nSPS) is 10.9. The van der Waals surface area contributed by atoms with Crippen molar-refractivity contribution in [1.29, 1.82) is 0 Å². The largest absolute Gasteiger partial charge is 0.383 e. The van der Waals surface area contributed by atoms with Crippen LogP contribution in [0.1, 0.15) is 28.7 Å². The number of nitrogens with zero attached hydrogens (tertiary/aromatic N) is 3. The standard InChI is InChI=1S/C14H18N4O3/c1-7-6-10(9(3)19)8(2)18(7)11-12(15)16(4)14(21)17(5)13(11)20/h6H,15H2,1-5H3. The quantitative estimate of drug-likeness (QED) is 0.804. The second kappa shape index (κ2) is 4.76. The highest BCUT2D eigenvalue weighted by Crippen LogP contribution is 2.21. The highest BCUT2D eigenvalue weighted by molar-refractivity contribution is 5.95. The molecule has 0 fully saturated rings. The number of rotatable bonds is 2. The number of Topliss-reactive ketones (excluding diaryl/α,β-unsaturated/α-hetero) is 1. The predicted octanol–water partition coefficient (Wildman–Crippen LogP) is 0.276. The third-order valence-corrected chi connectivity index (χ3v) is 3.72. The van der Waals surface area contributed by atoms with Crippen molar-refractivity contribution in [3.63, 3.8) is 0 Å². The molecule has 0 amide bonds. The SMILES string of the molecule is CC(=O)c1cc(C)n(-c2c(N)n(C)c(=O)n(C)c2=O)c1C. The molecule has 0 saturated heterocycles. The predicted molar refractivity (Wildman–Crippen MR) is 80.1 cm³/mol. The van der Waals surface area contributed by atoms with Crippen LogP contribution in [0.5, 0.6) is 0 Å². The van der Waals surface area contributed by atoms with Crippen LogP contribution in [0.15, 0.2) is 15.7 Å². The van der Waals surface area contributed by atoms with Gasteiger partial charge in [-0.3, -0.25) is 18.7 Å². The summed E-state index contributed by atoms with van der Waals surface area (Å²) in [5.74, 6) is -0.0189. The van der Waals surface area contributed by atoms with E-state index in [4.69, 9.17) is 5.73 Å². The van der Waals surface area contributed by atoms with Crippen LogP contribution < -0.4 is 17.0 Å². The van der Waals surface area contributed by atoms with Gasteiger partial charge in [-0.05, 0) is 26.8 Å². The summed E-state index contributed by atoms with van der Waals surface area (Å²) >= 11 is 0. The van der Waals surface area contributed by atoms with Crippen LogP contribution in [0.25, 0.3) is 5.69 Å². The van der Waals surface area contributed by atoms with E-state index in [0.717, 1.165) is 4.57 Å². The second-order valence-electron chi connectivity index (χ2n) is 5.12. The van der Waals surface area contributed by atoms with E-state index in [1.54, 1.807) is 24.5 Å². The minimum Gasteiger partial charge on any atom is -0.383 e. The molecule has 21 heavy (non-hydrogen) atoms. The highest BCUT2D eigenvalue weighted by Gasteiger charge is 2.20. The molecule has 0 aliphatic heterocycles. The lowest BCUT2D eigenvalue weighted by Gasteiger charge is -2.15. The van der Waals surface area contributed by atoms with E-state index in [1.165, 1.54) is 25.6 Å². The highest BCUT2D eigenvalue weighted by atomic mass is 16.2. The number of hydrogen-bond donors (Lipinski definition) is 1. The Morgan fingerprint density at radius 1 is 1.14 bits per heavy atom. The molecular formula is C14H18N4O3. The summed E-state index contributed by atoms with van der Waals surface area (Å²) in [4.78, 5) is 35.9. The van der Waals surface area contributed by atoms with E-state index in [-0.39, 0.29) is 17.3 Å². The number of carbonyl (C=O) groups is 1. The van der Waals surface area contributed by atoms with Crippen LogP contribution >= 0.6 is 0 Å². The van der Waals surface area contributed by atoms with Crippen molar-refractivity contribution in [2.75, 3.05) is 5.73 Å². The molecule has 0 aliphatic carbocycles. The number of ketones is 1. The first-order valence-electron chi connectivity index (χ1n) is 6.44. The Hall–Kier alpha value is -2.57. The maximum Gasteiger partial charge on any atom is 0.332 e. The van der Waals surface area contributed by atoms with E-state index in [9.17, 15) is 14.4 Å². The van der Waals surface area contributed by atoms with Crippen molar-refractivity contribution in [3.8, 4) is 5.69 Å². The molecule has 2 rings (SSSR count). The Morgan fingerprint density at radius 3 is 2.19 bits per heavy atom. The van der Waals surface area contributed by atoms with Gasteiger partial charge in [0.25, 0.3) is 5.56 Å². The van der Waals surface area contributed by atoms with Crippen LogP contribution in [-0.4, -0.2) is 19.5 Å². The van der Waals surface area contributed by atoms with Crippen LogP contribution in [-0.2, 0) is 14.1 Å². The molecule has 0 radical (unpaired) electrons. The lowest BCUT2D eigenvalue weighted by Crippen LogP contribution is -2.40. The molecule has 2 aromatic heterocycles. The Labute approximate surface area is 121 Å². The third kappa shape index (κ3) is 2.01. The fraction of sp³-hybridized carbons (Fsp3) is 0.357. The summed E-state index contributed by atoms with van der Waals surface area (Å²) in [7, 11) is 2.90. The maximum atomic E-state index is 12.4. The summed E-state index contributed by atoms with van der Waals surface area (Å²) in [5.41, 5.74) is 7.02. The van der Waals surface area contributed by atoms with Gasteiger partial charge >= 0.3 is 5.69 Å².